The van der Waals surface area contributed by atoms with Crippen LogP contribution in [0.3, 0.4) is 0 Å². The summed E-state index contributed by atoms with van der Waals surface area (Å²) >= 11 is 0. The summed E-state index contributed by atoms with van der Waals surface area (Å²) in [5.41, 5.74) is 44.6. The van der Waals surface area contributed by atoms with Gasteiger partial charge >= 0.3 is 0 Å². The van der Waals surface area contributed by atoms with Gasteiger partial charge in [-0.1, -0.05) is 431 Å². The zero-order valence-electron chi connectivity index (χ0n) is 81.8. The summed E-state index contributed by atoms with van der Waals surface area (Å²) in [6, 6.07) is 202. The molecule has 6 nitrogen and oxygen atoms in total. The monoisotopic (exact) mass is 1910 g/mol. The van der Waals surface area contributed by atoms with Crippen molar-refractivity contribution in [2.24, 2.45) is 0 Å². The molecule has 0 atom stereocenters. The molecule has 0 saturated carbocycles. The lowest BCUT2D eigenvalue weighted by Crippen LogP contribution is -1.97. The van der Waals surface area contributed by atoms with Crippen LogP contribution in [0.5, 0.6) is 0 Å². The molecule has 0 N–H and O–H groups in total. The molecule has 150 heavy (non-hydrogen) atoms. The molecule has 0 saturated heterocycles. The third kappa shape index (κ3) is 15.7. The molecule has 6 heteroatoms. The van der Waals surface area contributed by atoms with Crippen LogP contribution in [0.1, 0.15) is 0 Å². The molecule has 0 aliphatic carbocycles. The molecule has 702 valence electrons. The molecule has 6 aromatic heterocycles. The Balaban J connectivity index is 0.000000108. The number of benzene rings is 24. The molecule has 0 amide bonds. The molecule has 0 aliphatic rings. The molecule has 0 bridgehead atoms. The van der Waals surface area contributed by atoms with Crippen LogP contribution in [0, 0.1) is 0 Å². The number of nitrogens with zero attached hydrogens (tertiary/aromatic N) is 3. The highest BCUT2D eigenvalue weighted by Gasteiger charge is 2.25. The van der Waals surface area contributed by atoms with Gasteiger partial charge in [0.2, 0.25) is 0 Å². The molecule has 0 unspecified atom stereocenters. The third-order valence-electron chi connectivity index (χ3n) is 30.1. The Morgan fingerprint density at radius 3 is 0.747 bits per heavy atom. The Morgan fingerprint density at radius 2 is 0.347 bits per heavy atom. The van der Waals surface area contributed by atoms with E-state index in [1.165, 1.54) is 166 Å². The number of hydrogen-bond donors (Lipinski definition) is 0. The summed E-state index contributed by atoms with van der Waals surface area (Å²) in [7, 11) is 0. The minimum absolute atomic E-state index is 0.907. The number of aromatic nitrogens is 3. The van der Waals surface area contributed by atoms with Crippen LogP contribution in [0.2, 0.25) is 0 Å². The van der Waals surface area contributed by atoms with Crippen molar-refractivity contribution in [1.82, 2.24) is 13.7 Å². The average molecular weight is 1910 g/mol. The van der Waals surface area contributed by atoms with E-state index in [9.17, 15) is 0 Å². The lowest BCUT2D eigenvalue weighted by atomic mass is 9.95. The molecule has 0 radical (unpaired) electrons. The van der Waals surface area contributed by atoms with E-state index in [4.69, 9.17) is 13.3 Å². The summed E-state index contributed by atoms with van der Waals surface area (Å²) in [5, 5.41) is 14.3. The van der Waals surface area contributed by atoms with E-state index in [1.807, 2.05) is 36.4 Å². The number of fused-ring (bicyclic) bond motifs is 18. The lowest BCUT2D eigenvalue weighted by Gasteiger charge is -2.15. The van der Waals surface area contributed by atoms with E-state index in [2.05, 4.69) is 541 Å². The summed E-state index contributed by atoms with van der Waals surface area (Å²) in [6.45, 7) is 0. The Labute approximate surface area is 866 Å². The highest BCUT2D eigenvalue weighted by molar-refractivity contribution is 6.18. The van der Waals surface area contributed by atoms with Gasteiger partial charge in [0.05, 0.1) is 50.2 Å². The third-order valence-corrected chi connectivity index (χ3v) is 30.1. The Kier molecular flexibility index (Phi) is 21.9. The quantitative estimate of drug-likeness (QED) is 0.103. The normalized spacial score (nSPS) is 11.6. The molecular weight excluding hydrogens is 1820 g/mol. The first kappa shape index (κ1) is 87.8. The second-order valence-corrected chi connectivity index (χ2v) is 38.7. The first-order valence-corrected chi connectivity index (χ1v) is 51.3. The van der Waals surface area contributed by atoms with Gasteiger partial charge in [-0.3, -0.25) is 0 Å². The van der Waals surface area contributed by atoms with Gasteiger partial charge in [0, 0.05) is 86.9 Å². The maximum atomic E-state index is 6.37. The fraction of sp³-hybridized carbons (Fsp3) is 0. The predicted octanol–water partition coefficient (Wildman–Crippen LogP) is 40.1. The van der Waals surface area contributed by atoms with Crippen molar-refractivity contribution in [2.45, 2.75) is 0 Å². The predicted molar refractivity (Wildman–Crippen MR) is 629 cm³/mol. The van der Waals surface area contributed by atoms with Crippen molar-refractivity contribution in [3.05, 3.63) is 564 Å². The van der Waals surface area contributed by atoms with Gasteiger partial charge < -0.3 is 27.0 Å². The zero-order valence-corrected chi connectivity index (χ0v) is 81.8. The minimum Gasteiger partial charge on any atom is -0.456 e. The summed E-state index contributed by atoms with van der Waals surface area (Å²) in [4.78, 5) is 0. The van der Waals surface area contributed by atoms with Crippen molar-refractivity contribution < 1.29 is 13.3 Å². The highest BCUT2D eigenvalue weighted by atomic mass is 16.3. The molecule has 0 fully saturated rings. The molecule has 30 rings (SSSR count). The van der Waals surface area contributed by atoms with E-state index < -0.39 is 0 Å². The first-order chi connectivity index (χ1) is 74.4. The number of rotatable bonds is 15. The second-order valence-electron chi connectivity index (χ2n) is 38.7. The topological polar surface area (TPSA) is 54.2 Å². The summed E-state index contributed by atoms with van der Waals surface area (Å²) < 4.78 is 26.1. The highest BCUT2D eigenvalue weighted by Crippen LogP contribution is 2.49. The van der Waals surface area contributed by atoms with Crippen LogP contribution in [0.15, 0.2) is 577 Å². The van der Waals surface area contributed by atoms with E-state index >= 15 is 0 Å². The van der Waals surface area contributed by atoms with E-state index in [0.717, 1.165) is 116 Å². The van der Waals surface area contributed by atoms with Crippen LogP contribution in [0.4, 0.5) is 0 Å². The van der Waals surface area contributed by atoms with Crippen LogP contribution < -0.4 is 0 Å². The van der Waals surface area contributed by atoms with Crippen molar-refractivity contribution in [3.8, 4) is 151 Å². The summed E-state index contributed by atoms with van der Waals surface area (Å²) in [5.74, 6) is 0. The van der Waals surface area contributed by atoms with Gasteiger partial charge in [0.1, 0.15) is 33.5 Å². The minimum atomic E-state index is 0.907. The smallest absolute Gasteiger partial charge is 0.143 e. The van der Waals surface area contributed by atoms with Gasteiger partial charge in [-0.25, -0.2) is 0 Å². The van der Waals surface area contributed by atoms with Crippen LogP contribution in [0.25, 0.3) is 282 Å². The fourth-order valence-corrected chi connectivity index (χ4v) is 22.9. The first-order valence-electron chi connectivity index (χ1n) is 51.3. The summed E-state index contributed by atoms with van der Waals surface area (Å²) in [6.07, 6.45) is 0. The maximum absolute atomic E-state index is 6.37. The maximum Gasteiger partial charge on any atom is 0.143 e. The largest absolute Gasteiger partial charge is 0.456 e. The number of para-hydroxylation sites is 7. The van der Waals surface area contributed by atoms with E-state index in [-0.39, 0.29) is 0 Å². The molecule has 0 spiro atoms. The van der Waals surface area contributed by atoms with Gasteiger partial charge in [0.15, 0.2) is 0 Å². The lowest BCUT2D eigenvalue weighted by molar-refractivity contribution is 0.668. The van der Waals surface area contributed by atoms with Crippen molar-refractivity contribution in [3.63, 3.8) is 0 Å². The standard InChI is InChI=1S/3C48H31NO/c1-3-13-32(14-4-1)34-25-27-44-41(30-34)42-31-35(33-15-5-2-6-16-33)26-28-45(42)49(44)43-22-9-7-19-38(43)36-17-11-18-37(29-36)39-21-12-24-47-48(39)40-20-8-10-23-46(40)50-47;1-3-12-32(13-4-1)36-26-28-45-42(30-36)43-31-37(33-14-5-2-6-15-33)27-29-46(43)49(45)44-20-9-7-16-38(44)34-22-24-35(25-23-34)39-18-11-19-41-40-17-8-10-21-47(40)50-48(39)41;1-3-11-32(12-4-1)36-24-27-45-42(29-36)43-30-37(33-13-5-2-6-14-33)25-28-46(43)49(45)44-17-9-7-15-39(44)35-21-19-34(20-22-35)38-23-26-41-40-16-8-10-18-47(40)50-48(41)31-38/h3*1-31H. The number of hydrogen-bond acceptors (Lipinski definition) is 3. The van der Waals surface area contributed by atoms with Crippen molar-refractivity contribution in [1.29, 1.82) is 0 Å². The molecule has 0 aliphatic heterocycles. The zero-order chi connectivity index (χ0) is 99.1. The Hall–Kier alpha value is -19.9. The molecule has 30 aromatic rings. The second kappa shape index (κ2) is 37.4. The van der Waals surface area contributed by atoms with Gasteiger partial charge in [-0.15, -0.1) is 0 Å². The molecular formula is C144H93N3O3. The van der Waals surface area contributed by atoms with Crippen LogP contribution in [-0.2, 0) is 0 Å². The van der Waals surface area contributed by atoms with Crippen molar-refractivity contribution in [2.75, 3.05) is 0 Å². The Bertz CT molecular complexity index is 10100. The number of furan rings is 3. The van der Waals surface area contributed by atoms with Gasteiger partial charge in [0.25, 0.3) is 0 Å². The van der Waals surface area contributed by atoms with Gasteiger partial charge in [-0.2, -0.15) is 0 Å². The van der Waals surface area contributed by atoms with E-state index in [1.54, 1.807) is 0 Å². The SMILES string of the molecule is c1ccc(-c2ccc3c(c2)c2cc(-c4ccccc4)ccc2n3-c2ccccc2-c2ccc(-c3ccc4c(c3)oc3ccccc34)cc2)cc1.c1ccc(-c2ccc3c(c2)c2cc(-c4ccccc4)ccc2n3-c2ccccc2-c2ccc(-c3cccc4c3oc3ccccc34)cc2)cc1.c1ccc(-c2ccc3c(c2)c2cc(-c4ccccc4)ccc2n3-c2ccccc2-c2cccc(-c3cccc4oc5ccccc5c34)c2)cc1. The molecule has 24 aromatic carbocycles. The van der Waals surface area contributed by atoms with Gasteiger partial charge in [-0.05, 0) is 245 Å². The van der Waals surface area contributed by atoms with Crippen molar-refractivity contribution >= 4 is 131 Å². The molecule has 6 heterocycles. The Morgan fingerprint density at radius 1 is 0.113 bits per heavy atom. The average Bonchev–Trinajstić information content (AvgIpc) is 1.58. The fourth-order valence-electron chi connectivity index (χ4n) is 22.9. The van der Waals surface area contributed by atoms with Crippen LogP contribution >= 0.6 is 0 Å². The van der Waals surface area contributed by atoms with Crippen LogP contribution in [-0.4, -0.2) is 13.7 Å². The van der Waals surface area contributed by atoms with E-state index in [0.29, 0.717) is 0 Å².